The predicted molar refractivity (Wildman–Crippen MR) is 47.9 cm³/mol. The molecule has 0 heteroatoms. The van der Waals surface area contributed by atoms with Gasteiger partial charge in [-0.15, -0.1) is 0 Å². The third kappa shape index (κ3) is 6.12. The molecule has 0 bridgehead atoms. The summed E-state index contributed by atoms with van der Waals surface area (Å²) in [4.78, 5) is 0. The van der Waals surface area contributed by atoms with Crippen LogP contribution < -0.4 is 0 Å². The number of hydrogen-bond acceptors (Lipinski definition) is 0. The van der Waals surface area contributed by atoms with Gasteiger partial charge in [-0.1, -0.05) is 40.5 Å². The Labute approximate surface area is 66.0 Å². The van der Waals surface area contributed by atoms with Gasteiger partial charge in [0.1, 0.15) is 0 Å². The van der Waals surface area contributed by atoms with Gasteiger partial charge in [0, 0.05) is 0 Å². The summed E-state index contributed by atoms with van der Waals surface area (Å²) in [6.45, 7) is 9.11. The average Bonchev–Trinajstić information content (AvgIpc) is 1.82. The normalized spacial score (nSPS) is 11.4. The van der Waals surface area contributed by atoms with Crippen LogP contribution in [0.1, 0.15) is 53.4 Å². The summed E-state index contributed by atoms with van der Waals surface area (Å²) in [6.07, 6.45) is 5.36. The molecule has 0 aliphatic heterocycles. The van der Waals surface area contributed by atoms with Crippen molar-refractivity contribution in [3.05, 3.63) is 5.92 Å². The Morgan fingerprint density at radius 2 is 1.90 bits per heavy atom. The van der Waals surface area contributed by atoms with Crippen LogP contribution in [0.25, 0.3) is 0 Å². The Kier molecular flexibility index (Phi) is 5.76. The quantitative estimate of drug-likeness (QED) is 0.546. The molecule has 0 aromatic heterocycles. The molecule has 61 valence electrons. The highest BCUT2D eigenvalue weighted by molar-refractivity contribution is 4.84. The van der Waals surface area contributed by atoms with E-state index in [4.69, 9.17) is 0 Å². The Bertz CT molecular complexity index is 64.4. The molecule has 0 atom stereocenters. The minimum atomic E-state index is 0.844. The van der Waals surface area contributed by atoms with Gasteiger partial charge in [-0.3, -0.25) is 0 Å². The first-order valence-electron chi connectivity index (χ1n) is 4.48. The van der Waals surface area contributed by atoms with Gasteiger partial charge in [0.2, 0.25) is 0 Å². The van der Waals surface area contributed by atoms with Crippen molar-refractivity contribution in [2.24, 2.45) is 5.92 Å². The van der Waals surface area contributed by atoms with Crippen molar-refractivity contribution in [3.63, 3.8) is 0 Å². The molecule has 0 heterocycles. The standard InChI is InChI=1S/C10H21/c1-5-6-7-10(4)8-9(2)3/h9H,5-8H2,1-4H3. The molecule has 0 spiro atoms. The maximum Gasteiger partial charge on any atom is -0.0269 e. The summed E-state index contributed by atoms with van der Waals surface area (Å²) < 4.78 is 0. The summed E-state index contributed by atoms with van der Waals surface area (Å²) in [5.41, 5.74) is 0. The van der Waals surface area contributed by atoms with E-state index in [1.165, 1.54) is 25.7 Å². The van der Waals surface area contributed by atoms with Crippen LogP contribution in [-0.4, -0.2) is 0 Å². The second kappa shape index (κ2) is 5.76. The van der Waals surface area contributed by atoms with E-state index in [0.29, 0.717) is 0 Å². The van der Waals surface area contributed by atoms with E-state index >= 15 is 0 Å². The molecule has 0 saturated heterocycles. The second-order valence-corrected chi connectivity index (χ2v) is 3.66. The first-order chi connectivity index (χ1) is 4.66. The van der Waals surface area contributed by atoms with Crippen molar-refractivity contribution < 1.29 is 0 Å². The molecule has 0 unspecified atom stereocenters. The molecule has 0 aliphatic carbocycles. The lowest BCUT2D eigenvalue weighted by molar-refractivity contribution is 0.558. The molecule has 0 fully saturated rings. The summed E-state index contributed by atoms with van der Waals surface area (Å²) in [5, 5.41) is 0. The molecule has 0 amide bonds. The average molecular weight is 141 g/mol. The van der Waals surface area contributed by atoms with E-state index in [1.54, 1.807) is 5.92 Å². The first-order valence-corrected chi connectivity index (χ1v) is 4.48. The van der Waals surface area contributed by atoms with Crippen LogP contribution in [0.3, 0.4) is 0 Å². The maximum atomic E-state index is 2.29. The minimum absolute atomic E-state index is 0.844. The zero-order valence-electron chi connectivity index (χ0n) is 7.91. The lowest BCUT2D eigenvalue weighted by Gasteiger charge is -2.11. The smallest absolute Gasteiger partial charge is 0.0269 e. The number of unbranched alkanes of at least 4 members (excludes halogenated alkanes) is 1. The van der Waals surface area contributed by atoms with Crippen LogP contribution in [0.4, 0.5) is 0 Å². The van der Waals surface area contributed by atoms with E-state index in [-0.39, 0.29) is 0 Å². The molecule has 0 nitrogen and oxygen atoms in total. The van der Waals surface area contributed by atoms with Crippen molar-refractivity contribution in [3.8, 4) is 0 Å². The summed E-state index contributed by atoms with van der Waals surface area (Å²) >= 11 is 0. The predicted octanol–water partition coefficient (Wildman–Crippen LogP) is 3.82. The lowest BCUT2D eigenvalue weighted by Crippen LogP contribution is -1.97. The van der Waals surface area contributed by atoms with E-state index in [9.17, 15) is 0 Å². The van der Waals surface area contributed by atoms with Gasteiger partial charge in [0.15, 0.2) is 0 Å². The third-order valence-corrected chi connectivity index (χ3v) is 1.71. The summed E-state index contributed by atoms with van der Waals surface area (Å²) in [6, 6.07) is 0. The van der Waals surface area contributed by atoms with Crippen LogP contribution in [0.5, 0.6) is 0 Å². The third-order valence-electron chi connectivity index (χ3n) is 1.71. The fourth-order valence-corrected chi connectivity index (χ4v) is 1.28. The largest absolute Gasteiger partial charge is 0.0654 e. The molecule has 0 rings (SSSR count). The molecular formula is C10H21. The lowest BCUT2D eigenvalue weighted by atomic mass is 9.94. The summed E-state index contributed by atoms with van der Waals surface area (Å²) in [7, 11) is 0. The topological polar surface area (TPSA) is 0 Å². The van der Waals surface area contributed by atoms with Crippen molar-refractivity contribution in [1.82, 2.24) is 0 Å². The molecule has 0 aromatic carbocycles. The van der Waals surface area contributed by atoms with Crippen LogP contribution in [-0.2, 0) is 0 Å². The molecule has 1 radical (unpaired) electrons. The van der Waals surface area contributed by atoms with E-state index in [0.717, 1.165) is 5.92 Å². The SMILES string of the molecule is CCCC[C](C)CC(C)C. The monoisotopic (exact) mass is 141 g/mol. The highest BCUT2D eigenvalue weighted by atomic mass is 14.1. The molecule has 0 aromatic rings. The van der Waals surface area contributed by atoms with E-state index < -0.39 is 0 Å². The Morgan fingerprint density at radius 1 is 1.30 bits per heavy atom. The fourth-order valence-electron chi connectivity index (χ4n) is 1.28. The number of rotatable bonds is 5. The molecular weight excluding hydrogens is 120 g/mol. The van der Waals surface area contributed by atoms with Crippen molar-refractivity contribution in [2.45, 2.75) is 53.4 Å². The van der Waals surface area contributed by atoms with Gasteiger partial charge in [0.05, 0.1) is 0 Å². The zero-order valence-corrected chi connectivity index (χ0v) is 7.91. The second-order valence-electron chi connectivity index (χ2n) is 3.66. The van der Waals surface area contributed by atoms with Gasteiger partial charge in [-0.2, -0.15) is 0 Å². The highest BCUT2D eigenvalue weighted by Gasteiger charge is 2.03. The van der Waals surface area contributed by atoms with Gasteiger partial charge >= 0.3 is 0 Å². The van der Waals surface area contributed by atoms with Crippen LogP contribution >= 0.6 is 0 Å². The summed E-state index contributed by atoms with van der Waals surface area (Å²) in [5.74, 6) is 2.52. The Hall–Kier alpha value is 0. The van der Waals surface area contributed by atoms with Crippen LogP contribution in [0, 0.1) is 11.8 Å². The molecule has 0 saturated carbocycles. The maximum absolute atomic E-state index is 2.29. The van der Waals surface area contributed by atoms with Crippen LogP contribution in [0.2, 0.25) is 0 Å². The van der Waals surface area contributed by atoms with E-state index in [1.807, 2.05) is 0 Å². The van der Waals surface area contributed by atoms with Crippen molar-refractivity contribution >= 4 is 0 Å². The van der Waals surface area contributed by atoms with Gasteiger partial charge < -0.3 is 0 Å². The Morgan fingerprint density at radius 3 is 2.30 bits per heavy atom. The highest BCUT2D eigenvalue weighted by Crippen LogP contribution is 2.18. The van der Waals surface area contributed by atoms with Crippen molar-refractivity contribution in [2.75, 3.05) is 0 Å². The minimum Gasteiger partial charge on any atom is -0.0654 e. The molecule has 0 aliphatic rings. The Balaban J connectivity index is 3.16. The van der Waals surface area contributed by atoms with Crippen molar-refractivity contribution in [1.29, 1.82) is 0 Å². The first kappa shape index (κ1) is 10.0. The van der Waals surface area contributed by atoms with E-state index in [2.05, 4.69) is 27.7 Å². The molecule has 0 N–H and O–H groups in total. The van der Waals surface area contributed by atoms with Gasteiger partial charge in [0.25, 0.3) is 0 Å². The van der Waals surface area contributed by atoms with Gasteiger partial charge in [-0.25, -0.2) is 0 Å². The zero-order chi connectivity index (χ0) is 7.98. The van der Waals surface area contributed by atoms with Gasteiger partial charge in [-0.05, 0) is 24.7 Å². The van der Waals surface area contributed by atoms with Crippen LogP contribution in [0.15, 0.2) is 0 Å². The molecule has 10 heavy (non-hydrogen) atoms. The number of hydrogen-bond donors (Lipinski definition) is 0. The fraction of sp³-hybridized carbons (Fsp3) is 0.900.